The van der Waals surface area contributed by atoms with Crippen LogP contribution >= 0.6 is 0 Å². The fourth-order valence-corrected chi connectivity index (χ4v) is 2.32. The predicted molar refractivity (Wildman–Crippen MR) is 72.2 cm³/mol. The molecule has 6 nitrogen and oxygen atoms in total. The molecule has 2 aliphatic heterocycles. The van der Waals surface area contributed by atoms with Gasteiger partial charge in [-0.2, -0.15) is 0 Å². The molecule has 6 heteroatoms. The number of rotatable bonds is 4. The first-order chi connectivity index (χ1) is 9.58. The van der Waals surface area contributed by atoms with Crippen molar-refractivity contribution in [3.63, 3.8) is 0 Å². The summed E-state index contributed by atoms with van der Waals surface area (Å²) in [5.74, 6) is -0.589. The van der Waals surface area contributed by atoms with Crippen LogP contribution in [0.5, 0.6) is 0 Å². The number of amides is 1. The van der Waals surface area contributed by atoms with Gasteiger partial charge in [0.25, 0.3) is 5.91 Å². The molecule has 110 valence electrons. The van der Waals surface area contributed by atoms with E-state index >= 15 is 0 Å². The molecule has 1 fully saturated rings. The molecule has 2 aliphatic rings. The van der Waals surface area contributed by atoms with Gasteiger partial charge in [-0.1, -0.05) is 13.0 Å². The van der Waals surface area contributed by atoms with E-state index in [0.29, 0.717) is 12.3 Å². The number of hydrogen-bond acceptors (Lipinski definition) is 5. The van der Waals surface area contributed by atoms with Crippen LogP contribution in [-0.4, -0.2) is 42.3 Å². The monoisotopic (exact) mass is 280 g/mol. The summed E-state index contributed by atoms with van der Waals surface area (Å²) in [5.41, 5.74) is 0.513. The van der Waals surface area contributed by atoms with Gasteiger partial charge < -0.3 is 19.7 Å². The predicted octanol–water partition coefficient (Wildman–Crippen LogP) is 0.760. The van der Waals surface area contributed by atoms with E-state index in [0.717, 1.165) is 0 Å². The van der Waals surface area contributed by atoms with E-state index in [2.05, 4.69) is 5.32 Å². The maximum Gasteiger partial charge on any atom is 0.333 e. The fourth-order valence-electron chi connectivity index (χ4n) is 2.32. The Labute approximate surface area is 118 Å². The molecule has 1 amide bonds. The molecule has 3 unspecified atom stereocenters. The molecule has 0 aromatic carbocycles. The topological polar surface area (TPSA) is 67.9 Å². The van der Waals surface area contributed by atoms with Gasteiger partial charge in [0, 0.05) is 12.8 Å². The Kier molecular flexibility index (Phi) is 4.44. The van der Waals surface area contributed by atoms with E-state index in [-0.39, 0.29) is 18.4 Å². The number of fused-ring (bicyclic) bond motifs is 1. The van der Waals surface area contributed by atoms with Gasteiger partial charge in [-0.3, -0.25) is 4.79 Å². The summed E-state index contributed by atoms with van der Waals surface area (Å²) < 4.78 is 10.6. The Morgan fingerprint density at radius 3 is 2.80 bits per heavy atom. The van der Waals surface area contributed by atoms with Crippen LogP contribution in [0.2, 0.25) is 0 Å². The van der Waals surface area contributed by atoms with E-state index in [1.165, 1.54) is 0 Å². The standard InChI is InChI=1S/C14H20N2O4/c1-4-19-13-11(14(18)20-5-2)15-12(17)10-8-9(3)6-7-16(10)13/h6-9,11,13H,4-5H2,1-3H3,(H,15,17). The van der Waals surface area contributed by atoms with Crippen molar-refractivity contribution in [1.82, 2.24) is 10.2 Å². The van der Waals surface area contributed by atoms with Gasteiger partial charge in [-0.15, -0.1) is 0 Å². The normalized spacial score (nSPS) is 28.6. The highest BCUT2D eigenvalue weighted by Gasteiger charge is 2.43. The SMILES string of the molecule is CCOC(=O)C1NC(=O)C2=CC(C)C=CN2C1OCC. The molecule has 0 radical (unpaired) electrons. The average molecular weight is 280 g/mol. The lowest BCUT2D eigenvalue weighted by Crippen LogP contribution is -2.62. The van der Waals surface area contributed by atoms with Crippen LogP contribution in [0.3, 0.4) is 0 Å². The van der Waals surface area contributed by atoms with Gasteiger partial charge in [0.2, 0.25) is 0 Å². The second-order valence-electron chi connectivity index (χ2n) is 4.71. The van der Waals surface area contributed by atoms with Crippen LogP contribution in [-0.2, 0) is 19.1 Å². The van der Waals surface area contributed by atoms with Crippen LogP contribution < -0.4 is 5.32 Å². The lowest BCUT2D eigenvalue weighted by Gasteiger charge is -2.41. The Hall–Kier alpha value is -1.82. The number of allylic oxidation sites excluding steroid dienone is 2. The van der Waals surface area contributed by atoms with Crippen molar-refractivity contribution in [2.75, 3.05) is 13.2 Å². The largest absolute Gasteiger partial charge is 0.464 e. The summed E-state index contributed by atoms with van der Waals surface area (Å²) in [5, 5.41) is 2.67. The Balaban J connectivity index is 2.28. The van der Waals surface area contributed by atoms with Gasteiger partial charge >= 0.3 is 5.97 Å². The molecule has 0 aliphatic carbocycles. The summed E-state index contributed by atoms with van der Waals surface area (Å²) in [6, 6.07) is -0.822. The van der Waals surface area contributed by atoms with E-state index in [9.17, 15) is 9.59 Å². The third-order valence-corrected chi connectivity index (χ3v) is 3.21. The molecule has 2 rings (SSSR count). The third kappa shape index (κ3) is 2.70. The minimum atomic E-state index is -0.822. The number of nitrogens with zero attached hydrogens (tertiary/aromatic N) is 1. The number of hydrogen-bond donors (Lipinski definition) is 1. The number of ether oxygens (including phenoxy) is 2. The van der Waals surface area contributed by atoms with Gasteiger partial charge in [0.15, 0.2) is 12.3 Å². The molecule has 0 aromatic rings. The zero-order valence-corrected chi connectivity index (χ0v) is 12.0. The smallest absolute Gasteiger partial charge is 0.333 e. The van der Waals surface area contributed by atoms with Crippen molar-refractivity contribution in [3.8, 4) is 0 Å². The van der Waals surface area contributed by atoms with Crippen molar-refractivity contribution in [3.05, 3.63) is 24.0 Å². The Morgan fingerprint density at radius 1 is 1.40 bits per heavy atom. The van der Waals surface area contributed by atoms with E-state index < -0.39 is 18.2 Å². The van der Waals surface area contributed by atoms with Crippen LogP contribution in [0, 0.1) is 5.92 Å². The number of carbonyl (C=O) groups is 2. The third-order valence-electron chi connectivity index (χ3n) is 3.21. The molecular weight excluding hydrogens is 260 g/mol. The highest BCUT2D eigenvalue weighted by Crippen LogP contribution is 2.26. The minimum Gasteiger partial charge on any atom is -0.464 e. The molecule has 0 bridgehead atoms. The Bertz CT molecular complexity index is 458. The lowest BCUT2D eigenvalue weighted by atomic mass is 10.0. The Morgan fingerprint density at radius 2 is 2.15 bits per heavy atom. The van der Waals surface area contributed by atoms with Crippen molar-refractivity contribution < 1.29 is 19.1 Å². The highest BCUT2D eigenvalue weighted by molar-refractivity contribution is 5.97. The van der Waals surface area contributed by atoms with Gasteiger partial charge in [0.05, 0.1) is 6.61 Å². The summed E-state index contributed by atoms with van der Waals surface area (Å²) >= 11 is 0. The first kappa shape index (κ1) is 14.6. The number of piperazine rings is 1. The molecule has 1 saturated heterocycles. The first-order valence-electron chi connectivity index (χ1n) is 6.86. The van der Waals surface area contributed by atoms with E-state index in [1.807, 2.05) is 26.0 Å². The molecule has 2 heterocycles. The number of nitrogens with one attached hydrogen (secondary N) is 1. The quantitative estimate of drug-likeness (QED) is 0.770. The minimum absolute atomic E-state index is 0.174. The second-order valence-corrected chi connectivity index (χ2v) is 4.71. The van der Waals surface area contributed by atoms with Crippen LogP contribution in [0.4, 0.5) is 0 Å². The molecule has 20 heavy (non-hydrogen) atoms. The van der Waals surface area contributed by atoms with Crippen molar-refractivity contribution >= 4 is 11.9 Å². The molecule has 3 atom stereocenters. The summed E-state index contributed by atoms with van der Waals surface area (Å²) in [6.07, 6.45) is 5.02. The van der Waals surface area contributed by atoms with Crippen molar-refractivity contribution in [1.29, 1.82) is 0 Å². The van der Waals surface area contributed by atoms with Crippen LogP contribution in [0.15, 0.2) is 24.0 Å². The van der Waals surface area contributed by atoms with E-state index in [4.69, 9.17) is 9.47 Å². The summed E-state index contributed by atoms with van der Waals surface area (Å²) in [6.45, 7) is 6.26. The van der Waals surface area contributed by atoms with Crippen LogP contribution in [0.25, 0.3) is 0 Å². The maximum atomic E-state index is 12.1. The highest BCUT2D eigenvalue weighted by atomic mass is 16.5. The zero-order valence-electron chi connectivity index (χ0n) is 12.0. The summed E-state index contributed by atoms with van der Waals surface area (Å²) in [7, 11) is 0. The van der Waals surface area contributed by atoms with Crippen molar-refractivity contribution in [2.24, 2.45) is 5.92 Å². The molecule has 0 saturated carbocycles. The molecular formula is C14H20N2O4. The number of esters is 1. The van der Waals surface area contributed by atoms with E-state index in [1.54, 1.807) is 18.0 Å². The fraction of sp³-hybridized carbons (Fsp3) is 0.571. The van der Waals surface area contributed by atoms with Gasteiger partial charge in [-0.05, 0) is 25.8 Å². The molecule has 0 aromatic heterocycles. The molecule has 1 N–H and O–H groups in total. The van der Waals surface area contributed by atoms with Crippen molar-refractivity contribution in [2.45, 2.75) is 33.0 Å². The van der Waals surface area contributed by atoms with Gasteiger partial charge in [0.1, 0.15) is 5.70 Å². The maximum absolute atomic E-state index is 12.1. The second kappa shape index (κ2) is 6.09. The summed E-state index contributed by atoms with van der Waals surface area (Å²) in [4.78, 5) is 25.8. The number of carbonyl (C=O) groups excluding carboxylic acids is 2. The van der Waals surface area contributed by atoms with Gasteiger partial charge in [-0.25, -0.2) is 4.79 Å². The molecule has 0 spiro atoms. The lowest BCUT2D eigenvalue weighted by molar-refractivity contribution is -0.160. The average Bonchev–Trinajstić information content (AvgIpc) is 2.42. The first-order valence-corrected chi connectivity index (χ1v) is 6.86. The zero-order chi connectivity index (χ0) is 14.7. The van der Waals surface area contributed by atoms with Crippen LogP contribution in [0.1, 0.15) is 20.8 Å².